The number of aryl methyl sites for hydroxylation is 3. The Morgan fingerprint density at radius 1 is 1.00 bits per heavy atom. The predicted molar refractivity (Wildman–Crippen MR) is 125 cm³/mol. The molecule has 1 unspecified atom stereocenters. The maximum absolute atomic E-state index is 13.3. The van der Waals surface area contributed by atoms with Gasteiger partial charge in [0.15, 0.2) is 10.9 Å². The number of thioether (sulfide) groups is 1. The van der Waals surface area contributed by atoms with Gasteiger partial charge in [-0.15, -0.1) is 0 Å². The number of carbonyl (C=O) groups excluding carboxylic acids is 1. The summed E-state index contributed by atoms with van der Waals surface area (Å²) in [6, 6.07) is 16.7. The summed E-state index contributed by atoms with van der Waals surface area (Å²) in [6.07, 6.45) is 1.67. The number of ketones is 1. The number of aromatic nitrogens is 3. The van der Waals surface area contributed by atoms with E-state index >= 15 is 0 Å². The molecular formula is C25H23N3O2S. The second-order valence-corrected chi connectivity index (χ2v) is 8.97. The van der Waals surface area contributed by atoms with Crippen LogP contribution >= 0.6 is 11.8 Å². The predicted octanol–water partition coefficient (Wildman–Crippen LogP) is 5.07. The lowest BCUT2D eigenvalue weighted by Gasteiger charge is -2.16. The van der Waals surface area contributed by atoms with E-state index in [-0.39, 0.29) is 11.3 Å². The SMILES string of the molecule is Cc1ccnc(-n2c(SC(C)C(=O)c3ccc(C)c(C)c3)nc3ccccc3c2=O)c1. The van der Waals surface area contributed by atoms with Crippen LogP contribution in [0.15, 0.2) is 70.7 Å². The van der Waals surface area contributed by atoms with Crippen LogP contribution in [0, 0.1) is 20.8 Å². The number of para-hydroxylation sites is 1. The van der Waals surface area contributed by atoms with Gasteiger partial charge < -0.3 is 0 Å². The van der Waals surface area contributed by atoms with Crippen LogP contribution < -0.4 is 5.56 Å². The Bertz CT molecular complexity index is 1360. The summed E-state index contributed by atoms with van der Waals surface area (Å²) >= 11 is 1.28. The molecule has 2 aromatic heterocycles. The quantitative estimate of drug-likeness (QED) is 0.252. The van der Waals surface area contributed by atoms with Gasteiger partial charge in [-0.3, -0.25) is 9.59 Å². The van der Waals surface area contributed by atoms with Crippen molar-refractivity contribution in [3.8, 4) is 5.82 Å². The molecule has 0 aliphatic heterocycles. The van der Waals surface area contributed by atoms with Crippen LogP contribution in [0.3, 0.4) is 0 Å². The molecule has 4 rings (SSSR count). The summed E-state index contributed by atoms with van der Waals surface area (Å²) in [5, 5.41) is 0.543. The van der Waals surface area contributed by atoms with E-state index < -0.39 is 5.25 Å². The topological polar surface area (TPSA) is 64.8 Å². The molecular weight excluding hydrogens is 406 g/mol. The second-order valence-electron chi connectivity index (χ2n) is 7.67. The summed E-state index contributed by atoms with van der Waals surface area (Å²) in [6.45, 7) is 7.81. The first-order valence-electron chi connectivity index (χ1n) is 10.1. The van der Waals surface area contributed by atoms with E-state index in [0.717, 1.165) is 16.7 Å². The smallest absolute Gasteiger partial charge is 0.267 e. The second kappa shape index (κ2) is 8.47. The van der Waals surface area contributed by atoms with Crippen molar-refractivity contribution in [1.29, 1.82) is 0 Å². The van der Waals surface area contributed by atoms with Gasteiger partial charge in [0.2, 0.25) is 0 Å². The molecule has 0 bridgehead atoms. The molecule has 156 valence electrons. The molecule has 4 aromatic rings. The minimum Gasteiger partial charge on any atom is -0.293 e. The fourth-order valence-electron chi connectivity index (χ4n) is 3.38. The summed E-state index contributed by atoms with van der Waals surface area (Å²) in [4.78, 5) is 35.6. The maximum atomic E-state index is 13.3. The van der Waals surface area contributed by atoms with E-state index in [1.54, 1.807) is 12.3 Å². The van der Waals surface area contributed by atoms with Gasteiger partial charge in [-0.05, 0) is 74.7 Å². The van der Waals surface area contributed by atoms with Crippen molar-refractivity contribution in [2.24, 2.45) is 0 Å². The van der Waals surface area contributed by atoms with Crippen LogP contribution in [0.1, 0.15) is 34.0 Å². The van der Waals surface area contributed by atoms with Crippen molar-refractivity contribution >= 4 is 28.4 Å². The number of rotatable bonds is 5. The first kappa shape index (κ1) is 21.0. The molecule has 0 N–H and O–H groups in total. The Morgan fingerprint density at radius 3 is 2.52 bits per heavy atom. The van der Waals surface area contributed by atoms with Gasteiger partial charge in [-0.1, -0.05) is 36.0 Å². The minimum absolute atomic E-state index is 0.000686. The summed E-state index contributed by atoms with van der Waals surface area (Å²) in [5.74, 6) is 0.496. The lowest BCUT2D eigenvalue weighted by molar-refractivity contribution is 0.0993. The van der Waals surface area contributed by atoms with Crippen molar-refractivity contribution in [1.82, 2.24) is 14.5 Å². The van der Waals surface area contributed by atoms with E-state index in [1.165, 1.54) is 16.3 Å². The molecule has 0 aliphatic rings. The molecule has 5 nitrogen and oxygen atoms in total. The molecule has 6 heteroatoms. The molecule has 1 atom stereocenters. The average molecular weight is 430 g/mol. The third-order valence-corrected chi connectivity index (χ3v) is 6.37. The standard InChI is InChI=1S/C25H23N3O2S/c1-15-11-12-26-22(13-15)28-24(30)20-7-5-6-8-21(20)27-25(28)31-18(4)23(29)19-10-9-16(2)17(3)14-19/h5-14,18H,1-4H3. The van der Waals surface area contributed by atoms with E-state index in [0.29, 0.717) is 27.4 Å². The molecule has 0 amide bonds. The van der Waals surface area contributed by atoms with E-state index in [9.17, 15) is 9.59 Å². The van der Waals surface area contributed by atoms with E-state index in [2.05, 4.69) is 4.98 Å². The molecule has 31 heavy (non-hydrogen) atoms. The molecule has 0 spiro atoms. The molecule has 0 aliphatic carbocycles. The summed E-state index contributed by atoms with van der Waals surface area (Å²) < 4.78 is 1.50. The van der Waals surface area contributed by atoms with Crippen LogP contribution in [0.4, 0.5) is 0 Å². The molecule has 0 radical (unpaired) electrons. The van der Waals surface area contributed by atoms with Gasteiger partial charge >= 0.3 is 0 Å². The van der Waals surface area contributed by atoms with Crippen molar-refractivity contribution < 1.29 is 4.79 Å². The van der Waals surface area contributed by atoms with E-state index in [4.69, 9.17) is 4.98 Å². The van der Waals surface area contributed by atoms with Gasteiger partial charge in [-0.25, -0.2) is 14.5 Å². The molecule has 2 aromatic carbocycles. The highest BCUT2D eigenvalue weighted by Gasteiger charge is 2.22. The van der Waals surface area contributed by atoms with Crippen LogP contribution in [-0.2, 0) is 0 Å². The highest BCUT2D eigenvalue weighted by atomic mass is 32.2. The third kappa shape index (κ3) is 4.16. The van der Waals surface area contributed by atoms with Crippen molar-refractivity contribution in [2.45, 2.75) is 38.1 Å². The van der Waals surface area contributed by atoms with Crippen LogP contribution in [-0.4, -0.2) is 25.6 Å². The van der Waals surface area contributed by atoms with Crippen LogP contribution in [0.25, 0.3) is 16.7 Å². The normalized spacial score (nSPS) is 12.1. The summed E-state index contributed by atoms with van der Waals surface area (Å²) in [7, 11) is 0. The van der Waals surface area contributed by atoms with Crippen LogP contribution in [0.2, 0.25) is 0 Å². The Labute approximate surface area is 185 Å². The van der Waals surface area contributed by atoms with Gasteiger partial charge in [-0.2, -0.15) is 0 Å². The van der Waals surface area contributed by atoms with Crippen LogP contribution in [0.5, 0.6) is 0 Å². The van der Waals surface area contributed by atoms with Crippen molar-refractivity contribution in [3.05, 3.63) is 93.4 Å². The van der Waals surface area contributed by atoms with E-state index in [1.807, 2.05) is 76.2 Å². The zero-order valence-electron chi connectivity index (χ0n) is 17.9. The van der Waals surface area contributed by atoms with Gasteiger partial charge in [0, 0.05) is 11.8 Å². The van der Waals surface area contributed by atoms with Gasteiger partial charge in [0.25, 0.3) is 5.56 Å². The summed E-state index contributed by atoms with van der Waals surface area (Å²) in [5.41, 5.74) is 4.27. The highest BCUT2D eigenvalue weighted by Crippen LogP contribution is 2.27. The maximum Gasteiger partial charge on any atom is 0.267 e. The first-order chi connectivity index (χ1) is 14.8. The molecule has 0 saturated heterocycles. The third-order valence-electron chi connectivity index (χ3n) is 5.32. The number of nitrogens with zero attached hydrogens (tertiary/aromatic N) is 3. The highest BCUT2D eigenvalue weighted by molar-refractivity contribution is 8.00. The number of fused-ring (bicyclic) bond motifs is 1. The largest absolute Gasteiger partial charge is 0.293 e. The minimum atomic E-state index is -0.425. The Morgan fingerprint density at radius 2 is 1.77 bits per heavy atom. The number of hydrogen-bond acceptors (Lipinski definition) is 5. The Hall–Kier alpha value is -3.25. The zero-order chi connectivity index (χ0) is 22.1. The number of pyridine rings is 1. The number of Topliss-reactive ketones (excluding diaryl/α,β-unsaturated/α-hetero) is 1. The fourth-order valence-corrected chi connectivity index (χ4v) is 4.37. The monoisotopic (exact) mass is 429 g/mol. The number of benzene rings is 2. The molecule has 2 heterocycles. The number of hydrogen-bond donors (Lipinski definition) is 0. The first-order valence-corrected chi connectivity index (χ1v) is 11.0. The molecule has 0 fully saturated rings. The Kier molecular flexibility index (Phi) is 5.74. The molecule has 0 saturated carbocycles. The van der Waals surface area contributed by atoms with Crippen molar-refractivity contribution in [3.63, 3.8) is 0 Å². The lowest BCUT2D eigenvalue weighted by atomic mass is 10.0. The van der Waals surface area contributed by atoms with Crippen molar-refractivity contribution in [2.75, 3.05) is 0 Å². The Balaban J connectivity index is 1.80. The lowest BCUT2D eigenvalue weighted by Crippen LogP contribution is -2.24. The number of carbonyl (C=O) groups is 1. The van der Waals surface area contributed by atoms with Gasteiger partial charge in [0.1, 0.15) is 5.82 Å². The fraction of sp³-hybridized carbons (Fsp3) is 0.200. The van der Waals surface area contributed by atoms with Gasteiger partial charge in [0.05, 0.1) is 16.2 Å². The zero-order valence-corrected chi connectivity index (χ0v) is 18.7. The average Bonchev–Trinajstić information content (AvgIpc) is 2.75.